The predicted octanol–water partition coefficient (Wildman–Crippen LogP) is 2.86. The lowest BCUT2D eigenvalue weighted by Gasteiger charge is -2.21. The molecule has 1 amide bonds. The first-order valence-corrected chi connectivity index (χ1v) is 8.37. The van der Waals surface area contributed by atoms with E-state index < -0.39 is 23.7 Å². The number of hydrogen-bond acceptors (Lipinski definition) is 4. The van der Waals surface area contributed by atoms with Crippen LogP contribution in [0.4, 0.5) is 4.79 Å². The highest BCUT2D eigenvalue weighted by Crippen LogP contribution is 2.40. The van der Waals surface area contributed by atoms with Gasteiger partial charge in [0.2, 0.25) is 0 Å². The maximum absolute atomic E-state index is 11.8. The molecular weight excluding hydrogens is 310 g/mol. The number of carboxylic acids is 1. The monoisotopic (exact) mass is 337 g/mol. The maximum Gasteiger partial charge on any atom is 0.408 e. The molecule has 0 saturated heterocycles. The van der Waals surface area contributed by atoms with Crippen molar-refractivity contribution in [3.63, 3.8) is 0 Å². The van der Waals surface area contributed by atoms with Crippen LogP contribution in [0.2, 0.25) is 0 Å². The van der Waals surface area contributed by atoms with Crippen LogP contribution in [0.15, 0.2) is 6.20 Å². The van der Waals surface area contributed by atoms with Gasteiger partial charge in [0.15, 0.2) is 0 Å². The highest BCUT2D eigenvalue weighted by atomic mass is 16.6. The zero-order chi connectivity index (χ0) is 18.1. The van der Waals surface area contributed by atoms with Gasteiger partial charge in [-0.3, -0.25) is 0 Å². The van der Waals surface area contributed by atoms with Crippen molar-refractivity contribution < 1.29 is 19.4 Å². The third-order valence-corrected chi connectivity index (χ3v) is 3.71. The van der Waals surface area contributed by atoms with E-state index in [2.05, 4.69) is 28.7 Å². The Bertz CT molecular complexity index is 592. The molecule has 0 aliphatic heterocycles. The van der Waals surface area contributed by atoms with Gasteiger partial charge in [-0.05, 0) is 47.5 Å². The Morgan fingerprint density at radius 1 is 1.42 bits per heavy atom. The number of ether oxygens (including phenoxy) is 1. The summed E-state index contributed by atoms with van der Waals surface area (Å²) in [4.78, 5) is 27.9. The number of carboxylic acid groups (broad SMARTS) is 1. The largest absolute Gasteiger partial charge is 0.480 e. The maximum atomic E-state index is 11.8. The molecule has 1 aromatic rings. The van der Waals surface area contributed by atoms with Crippen LogP contribution in [-0.4, -0.2) is 38.4 Å². The second-order valence-corrected chi connectivity index (χ2v) is 7.61. The number of imidazole rings is 1. The molecule has 1 aliphatic carbocycles. The summed E-state index contributed by atoms with van der Waals surface area (Å²) in [6, 6.07) is -0.800. The summed E-state index contributed by atoms with van der Waals surface area (Å²) in [7, 11) is 0. The molecule has 134 valence electrons. The summed E-state index contributed by atoms with van der Waals surface area (Å²) in [6.45, 7) is 9.34. The Hall–Kier alpha value is -2.05. The first-order valence-electron chi connectivity index (χ1n) is 8.37. The summed E-state index contributed by atoms with van der Waals surface area (Å²) in [5.74, 6) is 0.387. The molecule has 1 atom stereocenters. The van der Waals surface area contributed by atoms with Crippen LogP contribution in [0.5, 0.6) is 0 Å². The summed E-state index contributed by atoms with van der Waals surface area (Å²) in [5, 5.41) is 11.8. The molecule has 0 unspecified atom stereocenters. The van der Waals surface area contributed by atoms with Gasteiger partial charge in [0.25, 0.3) is 0 Å². The standard InChI is InChI=1S/C17H27N3O4/c1-10(2)20-9-12(18-14(20)11-6-7-11)8-13(15(21)22)19-16(23)24-17(3,4)5/h9-11,13H,6-8H2,1-5H3,(H,19,23)(H,21,22)/t13-/m0/s1. The van der Waals surface area contributed by atoms with E-state index in [1.54, 1.807) is 20.8 Å². The zero-order valence-electron chi connectivity index (χ0n) is 15.0. The normalized spacial score (nSPS) is 16.1. The lowest BCUT2D eigenvalue weighted by molar-refractivity contribution is -0.139. The van der Waals surface area contributed by atoms with E-state index in [1.807, 2.05) is 6.20 Å². The van der Waals surface area contributed by atoms with Gasteiger partial charge in [0.1, 0.15) is 17.5 Å². The van der Waals surface area contributed by atoms with Crippen LogP contribution in [0.25, 0.3) is 0 Å². The average molecular weight is 337 g/mol. The number of rotatable bonds is 6. The lowest BCUT2D eigenvalue weighted by Crippen LogP contribution is -2.44. The molecule has 0 spiro atoms. The zero-order valence-corrected chi connectivity index (χ0v) is 15.0. The molecule has 24 heavy (non-hydrogen) atoms. The molecule has 0 radical (unpaired) electrons. The van der Waals surface area contributed by atoms with E-state index in [-0.39, 0.29) is 12.5 Å². The summed E-state index contributed by atoms with van der Waals surface area (Å²) < 4.78 is 7.23. The molecule has 2 N–H and O–H groups in total. The van der Waals surface area contributed by atoms with Crippen LogP contribution in [0.3, 0.4) is 0 Å². The van der Waals surface area contributed by atoms with Crippen LogP contribution >= 0.6 is 0 Å². The molecule has 1 aliphatic rings. The number of carbonyl (C=O) groups is 2. The molecular formula is C17H27N3O4. The number of carbonyl (C=O) groups excluding carboxylic acids is 1. The molecule has 1 saturated carbocycles. The lowest BCUT2D eigenvalue weighted by atomic mass is 10.1. The Labute approximate surface area is 142 Å². The van der Waals surface area contributed by atoms with Gasteiger partial charge in [-0.1, -0.05) is 0 Å². The van der Waals surface area contributed by atoms with Gasteiger partial charge in [-0.2, -0.15) is 0 Å². The summed E-state index contributed by atoms with van der Waals surface area (Å²) in [6.07, 6.45) is 3.54. The van der Waals surface area contributed by atoms with Gasteiger partial charge in [0, 0.05) is 24.6 Å². The predicted molar refractivity (Wildman–Crippen MR) is 89.1 cm³/mol. The average Bonchev–Trinajstić information content (AvgIpc) is 3.16. The van der Waals surface area contributed by atoms with E-state index in [4.69, 9.17) is 4.74 Å². The van der Waals surface area contributed by atoms with Crippen LogP contribution in [0.1, 0.15) is 70.9 Å². The van der Waals surface area contributed by atoms with Gasteiger partial charge >= 0.3 is 12.1 Å². The first-order chi connectivity index (χ1) is 11.1. The number of hydrogen-bond donors (Lipinski definition) is 2. The van der Waals surface area contributed by atoms with Crippen molar-refractivity contribution in [1.82, 2.24) is 14.9 Å². The second-order valence-electron chi connectivity index (χ2n) is 7.61. The molecule has 2 rings (SSSR count). The first kappa shape index (κ1) is 18.3. The number of aromatic nitrogens is 2. The minimum absolute atomic E-state index is 0.133. The minimum atomic E-state index is -1.10. The van der Waals surface area contributed by atoms with Crippen LogP contribution < -0.4 is 5.32 Å². The van der Waals surface area contributed by atoms with Crippen LogP contribution in [0, 0.1) is 0 Å². The van der Waals surface area contributed by atoms with E-state index in [0.717, 1.165) is 18.7 Å². The van der Waals surface area contributed by atoms with Crippen molar-refractivity contribution in [2.45, 2.75) is 77.5 Å². The van der Waals surface area contributed by atoms with E-state index in [1.165, 1.54) is 0 Å². The second kappa shape index (κ2) is 6.83. The van der Waals surface area contributed by atoms with Gasteiger partial charge in [0.05, 0.1) is 5.69 Å². The number of alkyl carbamates (subject to hydrolysis) is 1. The Morgan fingerprint density at radius 3 is 2.50 bits per heavy atom. The fraction of sp³-hybridized carbons (Fsp3) is 0.706. The molecule has 7 nitrogen and oxygen atoms in total. The van der Waals surface area contributed by atoms with E-state index in [0.29, 0.717) is 11.6 Å². The molecule has 7 heteroatoms. The number of amides is 1. The number of nitrogens with zero attached hydrogens (tertiary/aromatic N) is 2. The fourth-order valence-corrected chi connectivity index (χ4v) is 2.48. The van der Waals surface area contributed by atoms with E-state index in [9.17, 15) is 14.7 Å². The third kappa shape index (κ3) is 4.97. The van der Waals surface area contributed by atoms with Crippen molar-refractivity contribution in [3.05, 3.63) is 17.7 Å². The summed E-state index contributed by atoms with van der Waals surface area (Å²) >= 11 is 0. The van der Waals surface area contributed by atoms with E-state index >= 15 is 0 Å². The van der Waals surface area contributed by atoms with Crippen molar-refractivity contribution in [3.8, 4) is 0 Å². The van der Waals surface area contributed by atoms with Gasteiger partial charge in [-0.25, -0.2) is 14.6 Å². The van der Waals surface area contributed by atoms with Crippen LogP contribution in [-0.2, 0) is 16.0 Å². The molecule has 0 bridgehead atoms. The fourth-order valence-electron chi connectivity index (χ4n) is 2.48. The highest BCUT2D eigenvalue weighted by Gasteiger charge is 2.31. The molecule has 1 aromatic heterocycles. The SMILES string of the molecule is CC(C)n1cc(C[C@H](NC(=O)OC(C)(C)C)C(=O)O)nc1C1CC1. The highest BCUT2D eigenvalue weighted by molar-refractivity contribution is 5.80. The smallest absolute Gasteiger partial charge is 0.408 e. The third-order valence-electron chi connectivity index (χ3n) is 3.71. The van der Waals surface area contributed by atoms with Crippen molar-refractivity contribution in [2.24, 2.45) is 0 Å². The molecule has 0 aromatic carbocycles. The number of nitrogens with one attached hydrogen (secondary N) is 1. The molecule has 1 heterocycles. The Morgan fingerprint density at radius 2 is 2.04 bits per heavy atom. The number of aliphatic carboxylic acids is 1. The quantitative estimate of drug-likeness (QED) is 0.832. The van der Waals surface area contributed by atoms with Crippen molar-refractivity contribution in [2.75, 3.05) is 0 Å². The Balaban J connectivity index is 2.09. The summed E-state index contributed by atoms with van der Waals surface area (Å²) in [5.41, 5.74) is -0.0000443. The topological polar surface area (TPSA) is 93.5 Å². The van der Waals surface area contributed by atoms with Gasteiger partial charge in [-0.15, -0.1) is 0 Å². The van der Waals surface area contributed by atoms with Crippen molar-refractivity contribution >= 4 is 12.1 Å². The molecule has 1 fully saturated rings. The van der Waals surface area contributed by atoms with Crippen molar-refractivity contribution in [1.29, 1.82) is 0 Å². The Kier molecular flexibility index (Phi) is 5.20. The van der Waals surface area contributed by atoms with Gasteiger partial charge < -0.3 is 19.7 Å². The minimum Gasteiger partial charge on any atom is -0.480 e.